The molecule has 0 aliphatic heterocycles. The molecule has 2 N–H and O–H groups in total. The molecule has 3 heterocycles. The Kier molecular flexibility index (Phi) is 3.98. The Morgan fingerprint density at radius 3 is 3.12 bits per heavy atom. The third-order valence-electron chi connectivity index (χ3n) is 3.57. The third kappa shape index (κ3) is 3.01. The molecule has 0 saturated carbocycles. The number of aromatic nitrogens is 2. The van der Waals surface area contributed by atoms with Crippen LogP contribution < -0.4 is 10.1 Å². The number of thiazole rings is 1. The predicted octanol–water partition coefficient (Wildman–Crippen LogP) is 3.94. The van der Waals surface area contributed by atoms with Gasteiger partial charge in [0.1, 0.15) is 5.75 Å². The van der Waals surface area contributed by atoms with E-state index in [0.29, 0.717) is 5.75 Å². The van der Waals surface area contributed by atoms with Gasteiger partial charge in [0.25, 0.3) is 5.91 Å². The zero-order valence-corrected chi connectivity index (χ0v) is 14.8. The van der Waals surface area contributed by atoms with Crippen LogP contribution in [0.15, 0.2) is 35.8 Å². The fourth-order valence-electron chi connectivity index (χ4n) is 2.51. The van der Waals surface area contributed by atoms with Crippen molar-refractivity contribution in [3.63, 3.8) is 0 Å². The highest BCUT2D eigenvalue weighted by Gasteiger charge is 2.14. The molecule has 0 radical (unpaired) electrons. The number of nitrogens with one attached hydrogen (secondary N) is 1. The van der Waals surface area contributed by atoms with Crippen molar-refractivity contribution in [3.8, 4) is 11.5 Å². The smallest absolute Gasteiger partial charge is 0.263 e. The molecule has 0 atom stereocenters. The van der Waals surface area contributed by atoms with Gasteiger partial charge in [0.05, 0.1) is 19.9 Å². The minimum atomic E-state index is -0.391. The Bertz CT molecular complexity index is 1090. The minimum Gasteiger partial charge on any atom is -0.504 e. The van der Waals surface area contributed by atoms with Gasteiger partial charge in [-0.2, -0.15) is 0 Å². The van der Waals surface area contributed by atoms with Gasteiger partial charge in [-0.05, 0) is 30.5 Å². The first-order chi connectivity index (χ1) is 12.1. The van der Waals surface area contributed by atoms with Crippen LogP contribution in [0.5, 0.6) is 11.5 Å². The van der Waals surface area contributed by atoms with Crippen LogP contribution in [0.25, 0.3) is 20.3 Å². The lowest BCUT2D eigenvalue weighted by Gasteiger charge is -2.09. The molecule has 0 unspecified atom stereocenters. The number of anilines is 1. The van der Waals surface area contributed by atoms with Crippen molar-refractivity contribution in [2.24, 2.45) is 0 Å². The Morgan fingerprint density at radius 2 is 2.28 bits per heavy atom. The monoisotopic (exact) mass is 371 g/mol. The number of ether oxygens (including phenoxy) is 1. The van der Waals surface area contributed by atoms with E-state index in [1.807, 2.05) is 24.4 Å². The summed E-state index contributed by atoms with van der Waals surface area (Å²) in [6.45, 7) is 1.79. The van der Waals surface area contributed by atoms with Crippen molar-refractivity contribution in [3.05, 3.63) is 40.8 Å². The molecule has 4 aromatic rings. The van der Waals surface area contributed by atoms with Gasteiger partial charge >= 0.3 is 0 Å². The molecule has 0 bridgehead atoms. The number of thiophene rings is 1. The standard InChI is InChI=1S/C17H13N3O3S2/c1-9-19-15-13(25-9)7-12(10-4-6-24-16(10)15)23-8-14(22)20-17-11(21)3-2-5-18-17/h2-7,21H,8H2,1H3,(H,18,20,22). The number of hydrogen-bond acceptors (Lipinski definition) is 7. The number of nitrogens with zero attached hydrogens (tertiary/aromatic N) is 2. The Labute approximate surface area is 150 Å². The van der Waals surface area contributed by atoms with Gasteiger partial charge in [0.2, 0.25) is 0 Å². The number of carbonyl (C=O) groups excluding carboxylic acids is 1. The number of aryl methyl sites for hydroxylation is 1. The molecular weight excluding hydrogens is 358 g/mol. The fraction of sp³-hybridized carbons (Fsp3) is 0.118. The number of carbonyl (C=O) groups is 1. The van der Waals surface area contributed by atoms with E-state index in [0.717, 1.165) is 25.3 Å². The highest BCUT2D eigenvalue weighted by Crippen LogP contribution is 2.38. The van der Waals surface area contributed by atoms with E-state index in [2.05, 4.69) is 15.3 Å². The first kappa shape index (κ1) is 15.8. The summed E-state index contributed by atoms with van der Waals surface area (Å²) in [4.78, 5) is 20.6. The maximum absolute atomic E-state index is 12.1. The second-order valence-electron chi connectivity index (χ2n) is 5.33. The lowest BCUT2D eigenvalue weighted by molar-refractivity contribution is -0.118. The van der Waals surface area contributed by atoms with Gasteiger partial charge in [0, 0.05) is 17.6 Å². The van der Waals surface area contributed by atoms with Crippen molar-refractivity contribution in [2.75, 3.05) is 11.9 Å². The molecule has 1 aromatic carbocycles. The molecule has 0 saturated heterocycles. The van der Waals surface area contributed by atoms with Crippen LogP contribution in [0.2, 0.25) is 0 Å². The second kappa shape index (κ2) is 6.30. The molecule has 126 valence electrons. The summed E-state index contributed by atoms with van der Waals surface area (Å²) in [5.74, 6) is 0.286. The van der Waals surface area contributed by atoms with E-state index in [9.17, 15) is 9.90 Å². The average Bonchev–Trinajstić information content (AvgIpc) is 3.20. The number of hydrogen-bond donors (Lipinski definition) is 2. The zero-order valence-electron chi connectivity index (χ0n) is 13.1. The summed E-state index contributed by atoms with van der Waals surface area (Å²) < 4.78 is 7.82. The summed E-state index contributed by atoms with van der Waals surface area (Å²) in [6.07, 6.45) is 1.49. The molecule has 0 aliphatic rings. The minimum absolute atomic E-state index is 0.0855. The lowest BCUT2D eigenvalue weighted by Crippen LogP contribution is -2.20. The number of pyridine rings is 1. The third-order valence-corrected chi connectivity index (χ3v) is 5.41. The van der Waals surface area contributed by atoms with E-state index < -0.39 is 5.91 Å². The molecular formula is C17H13N3O3S2. The summed E-state index contributed by atoms with van der Waals surface area (Å²) in [6, 6.07) is 6.92. The number of benzene rings is 1. The first-order valence-corrected chi connectivity index (χ1v) is 9.15. The van der Waals surface area contributed by atoms with Gasteiger partial charge in [-0.3, -0.25) is 4.79 Å². The highest BCUT2D eigenvalue weighted by atomic mass is 32.1. The highest BCUT2D eigenvalue weighted by molar-refractivity contribution is 7.21. The molecule has 8 heteroatoms. The molecule has 3 aromatic heterocycles. The van der Waals surface area contributed by atoms with Crippen LogP contribution >= 0.6 is 22.7 Å². The van der Waals surface area contributed by atoms with E-state index in [-0.39, 0.29) is 18.2 Å². The normalized spacial score (nSPS) is 11.1. The van der Waals surface area contributed by atoms with E-state index in [1.54, 1.807) is 28.7 Å². The SMILES string of the molecule is Cc1nc2c(cc(OCC(=O)Nc3ncccc3O)c3ccsc32)s1. The van der Waals surface area contributed by atoms with Gasteiger partial charge in [-0.25, -0.2) is 9.97 Å². The van der Waals surface area contributed by atoms with Crippen molar-refractivity contribution < 1.29 is 14.6 Å². The van der Waals surface area contributed by atoms with Gasteiger partial charge in [-0.1, -0.05) is 0 Å². The molecule has 1 amide bonds. The summed E-state index contributed by atoms with van der Waals surface area (Å²) >= 11 is 3.20. The number of aromatic hydroxyl groups is 1. The van der Waals surface area contributed by atoms with E-state index in [4.69, 9.17) is 4.74 Å². The van der Waals surface area contributed by atoms with Crippen LogP contribution in [0.3, 0.4) is 0 Å². The van der Waals surface area contributed by atoms with E-state index in [1.165, 1.54) is 12.3 Å². The molecule has 6 nitrogen and oxygen atoms in total. The zero-order chi connectivity index (χ0) is 17.4. The topological polar surface area (TPSA) is 84.3 Å². The second-order valence-corrected chi connectivity index (χ2v) is 7.48. The fourth-order valence-corrected chi connectivity index (χ4v) is 4.34. The van der Waals surface area contributed by atoms with Gasteiger partial charge in [-0.15, -0.1) is 22.7 Å². The van der Waals surface area contributed by atoms with Gasteiger partial charge < -0.3 is 15.2 Å². The predicted molar refractivity (Wildman–Crippen MR) is 99.8 cm³/mol. The largest absolute Gasteiger partial charge is 0.504 e. The molecule has 4 rings (SSSR count). The maximum atomic E-state index is 12.1. The maximum Gasteiger partial charge on any atom is 0.263 e. The lowest BCUT2D eigenvalue weighted by atomic mass is 10.2. The van der Waals surface area contributed by atoms with Crippen molar-refractivity contribution in [1.82, 2.24) is 9.97 Å². The molecule has 0 aliphatic carbocycles. The quantitative estimate of drug-likeness (QED) is 0.568. The number of rotatable bonds is 4. The van der Waals surface area contributed by atoms with Crippen LogP contribution in [-0.4, -0.2) is 27.6 Å². The van der Waals surface area contributed by atoms with E-state index >= 15 is 0 Å². The summed E-state index contributed by atoms with van der Waals surface area (Å²) in [7, 11) is 0. The molecule has 25 heavy (non-hydrogen) atoms. The van der Waals surface area contributed by atoms with Crippen LogP contribution in [0.4, 0.5) is 5.82 Å². The average molecular weight is 371 g/mol. The Morgan fingerprint density at radius 1 is 1.40 bits per heavy atom. The Hall–Kier alpha value is -2.71. The number of fused-ring (bicyclic) bond motifs is 3. The summed E-state index contributed by atoms with van der Waals surface area (Å²) in [5.41, 5.74) is 0.975. The Balaban J connectivity index is 1.57. The van der Waals surface area contributed by atoms with Gasteiger partial charge in [0.15, 0.2) is 18.2 Å². The first-order valence-electron chi connectivity index (χ1n) is 7.46. The molecule has 0 spiro atoms. The summed E-state index contributed by atoms with van der Waals surface area (Å²) in [5, 5.41) is 16.1. The molecule has 0 fully saturated rings. The van der Waals surface area contributed by atoms with Crippen LogP contribution in [0.1, 0.15) is 5.01 Å². The van der Waals surface area contributed by atoms with Crippen molar-refractivity contribution in [2.45, 2.75) is 6.92 Å². The van der Waals surface area contributed by atoms with Crippen molar-refractivity contribution >= 4 is 54.7 Å². The van der Waals surface area contributed by atoms with Crippen molar-refractivity contribution in [1.29, 1.82) is 0 Å². The van der Waals surface area contributed by atoms with Crippen LogP contribution in [0, 0.1) is 6.92 Å². The van der Waals surface area contributed by atoms with Crippen LogP contribution in [-0.2, 0) is 4.79 Å². The number of amides is 1.